The van der Waals surface area contributed by atoms with E-state index < -0.39 is 9.84 Å². The fraction of sp³-hybridized carbons (Fsp3) is 0.667. The molecule has 0 aromatic heterocycles. The lowest BCUT2D eigenvalue weighted by molar-refractivity contribution is 0.157. The van der Waals surface area contributed by atoms with E-state index in [0.717, 1.165) is 32.1 Å². The molecular weight excluding hydrogens is 388 g/mol. The van der Waals surface area contributed by atoms with Gasteiger partial charge in [-0.1, -0.05) is 12.1 Å². The second kappa shape index (κ2) is 12.0. The van der Waals surface area contributed by atoms with Gasteiger partial charge in [0.25, 0.3) is 0 Å². The molecule has 8 heteroatoms. The van der Waals surface area contributed by atoms with E-state index in [4.69, 9.17) is 4.74 Å². The Kier molecular flexibility index (Phi) is 9.73. The highest BCUT2D eigenvalue weighted by Crippen LogP contribution is 2.20. The van der Waals surface area contributed by atoms with Gasteiger partial charge in [0.2, 0.25) is 0 Å². The molecule has 0 saturated carbocycles. The molecule has 0 aliphatic carbocycles. The van der Waals surface area contributed by atoms with Crippen molar-refractivity contribution >= 4 is 21.5 Å². The molecule has 1 aromatic rings. The number of anilines is 1. The van der Waals surface area contributed by atoms with Crippen LogP contribution in [0, 0.1) is 0 Å². The van der Waals surface area contributed by atoms with E-state index in [1.165, 1.54) is 36.8 Å². The van der Waals surface area contributed by atoms with Crippen LogP contribution in [0.1, 0.15) is 31.7 Å². The molecule has 7 nitrogen and oxygen atoms in total. The summed E-state index contributed by atoms with van der Waals surface area (Å²) in [6.07, 6.45) is 5.12. The summed E-state index contributed by atoms with van der Waals surface area (Å²) in [5, 5.41) is 3.30. The molecule has 0 atom stereocenters. The molecule has 2 rings (SSSR count). The summed E-state index contributed by atoms with van der Waals surface area (Å²) in [4.78, 5) is 9.14. The number of hydrogen-bond donors (Lipinski definition) is 1. The monoisotopic (exact) mass is 424 g/mol. The van der Waals surface area contributed by atoms with E-state index in [9.17, 15) is 8.42 Å². The highest BCUT2D eigenvalue weighted by atomic mass is 32.2. The van der Waals surface area contributed by atoms with Gasteiger partial charge in [-0.15, -0.1) is 0 Å². The quantitative estimate of drug-likeness (QED) is 0.352. The molecule has 0 amide bonds. The van der Waals surface area contributed by atoms with Crippen molar-refractivity contribution in [3.63, 3.8) is 0 Å². The van der Waals surface area contributed by atoms with Crippen molar-refractivity contribution in [3.8, 4) is 0 Å². The molecule has 1 aromatic carbocycles. The Morgan fingerprint density at radius 1 is 1.17 bits per heavy atom. The van der Waals surface area contributed by atoms with Gasteiger partial charge in [0, 0.05) is 45.2 Å². The molecule has 1 aliphatic rings. The fourth-order valence-electron chi connectivity index (χ4n) is 3.31. The van der Waals surface area contributed by atoms with Gasteiger partial charge < -0.3 is 19.9 Å². The third-order valence-electron chi connectivity index (χ3n) is 4.87. The lowest BCUT2D eigenvalue weighted by Crippen LogP contribution is -2.38. The van der Waals surface area contributed by atoms with Gasteiger partial charge in [-0.2, -0.15) is 0 Å². The fourth-order valence-corrected chi connectivity index (χ4v) is 3.73. The SMILES string of the molecule is CCNC(=NCCOCCS(C)(=O)=O)N(C)Cc1ccc(N2CCCCC2)cc1. The smallest absolute Gasteiger partial charge is 0.194 e. The summed E-state index contributed by atoms with van der Waals surface area (Å²) >= 11 is 0. The highest BCUT2D eigenvalue weighted by molar-refractivity contribution is 7.90. The molecule has 164 valence electrons. The van der Waals surface area contributed by atoms with Crippen LogP contribution >= 0.6 is 0 Å². The second-order valence-corrected chi connectivity index (χ2v) is 9.81. The van der Waals surface area contributed by atoms with Crippen molar-refractivity contribution < 1.29 is 13.2 Å². The van der Waals surface area contributed by atoms with E-state index in [1.807, 2.05) is 14.0 Å². The van der Waals surface area contributed by atoms with Gasteiger partial charge in [-0.05, 0) is 43.9 Å². The van der Waals surface area contributed by atoms with Gasteiger partial charge >= 0.3 is 0 Å². The average molecular weight is 425 g/mol. The van der Waals surface area contributed by atoms with Crippen LogP contribution in [-0.4, -0.2) is 77.7 Å². The van der Waals surface area contributed by atoms with E-state index in [1.54, 1.807) is 0 Å². The molecule has 0 unspecified atom stereocenters. The summed E-state index contributed by atoms with van der Waals surface area (Å²) in [7, 11) is -0.961. The van der Waals surface area contributed by atoms with Crippen LogP contribution in [-0.2, 0) is 21.1 Å². The first-order valence-corrected chi connectivity index (χ1v) is 12.5. The molecule has 1 saturated heterocycles. The first-order valence-electron chi connectivity index (χ1n) is 10.5. The minimum atomic E-state index is -2.98. The van der Waals surface area contributed by atoms with E-state index in [-0.39, 0.29) is 12.4 Å². The number of guanidine groups is 1. The summed E-state index contributed by atoms with van der Waals surface area (Å²) in [6.45, 7) is 7.01. The molecule has 0 spiro atoms. The van der Waals surface area contributed by atoms with Crippen molar-refractivity contribution in [2.24, 2.45) is 4.99 Å². The van der Waals surface area contributed by atoms with E-state index >= 15 is 0 Å². The molecule has 1 heterocycles. The first kappa shape index (κ1) is 23.5. The van der Waals surface area contributed by atoms with Crippen molar-refractivity contribution in [1.29, 1.82) is 0 Å². The van der Waals surface area contributed by atoms with E-state index in [2.05, 4.69) is 44.4 Å². The zero-order chi connectivity index (χ0) is 21.1. The van der Waals surface area contributed by atoms with Crippen LogP contribution < -0.4 is 10.2 Å². The third kappa shape index (κ3) is 9.04. The van der Waals surface area contributed by atoms with Crippen molar-refractivity contribution in [3.05, 3.63) is 29.8 Å². The zero-order valence-corrected chi connectivity index (χ0v) is 18.9. The summed E-state index contributed by atoms with van der Waals surface area (Å²) in [6, 6.07) is 8.82. The molecule has 0 bridgehead atoms. The number of sulfone groups is 1. The summed E-state index contributed by atoms with van der Waals surface area (Å²) in [5.74, 6) is 0.865. The van der Waals surface area contributed by atoms with Crippen LogP contribution in [0.3, 0.4) is 0 Å². The minimum absolute atomic E-state index is 0.0457. The lowest BCUT2D eigenvalue weighted by Gasteiger charge is -2.29. The average Bonchev–Trinajstić information content (AvgIpc) is 2.70. The molecule has 1 fully saturated rings. The Morgan fingerprint density at radius 3 is 2.48 bits per heavy atom. The number of nitrogens with zero attached hydrogens (tertiary/aromatic N) is 3. The zero-order valence-electron chi connectivity index (χ0n) is 18.1. The van der Waals surface area contributed by atoms with Crippen LogP contribution in [0.5, 0.6) is 0 Å². The standard InChI is InChI=1S/C21H36N4O3S/c1-4-22-21(23-12-15-28-16-17-29(3,26)27)24(2)18-19-8-10-20(11-9-19)25-13-6-5-7-14-25/h8-11H,4-7,12-18H2,1-3H3,(H,22,23). The highest BCUT2D eigenvalue weighted by Gasteiger charge is 2.11. The normalized spacial score (nSPS) is 15.4. The summed E-state index contributed by atoms with van der Waals surface area (Å²) in [5.41, 5.74) is 2.55. The molecule has 29 heavy (non-hydrogen) atoms. The maximum atomic E-state index is 11.1. The molecule has 1 N–H and O–H groups in total. The van der Waals surface area contributed by atoms with Gasteiger partial charge in [-0.25, -0.2) is 8.42 Å². The lowest BCUT2D eigenvalue weighted by atomic mass is 10.1. The maximum Gasteiger partial charge on any atom is 0.194 e. The number of nitrogens with one attached hydrogen (secondary N) is 1. The Balaban J connectivity index is 1.83. The van der Waals surface area contributed by atoms with Crippen molar-refractivity contribution in [1.82, 2.24) is 10.2 Å². The van der Waals surface area contributed by atoms with Gasteiger partial charge in [0.15, 0.2) is 5.96 Å². The van der Waals surface area contributed by atoms with Crippen LogP contribution in [0.4, 0.5) is 5.69 Å². The number of rotatable bonds is 10. The van der Waals surface area contributed by atoms with Gasteiger partial charge in [0.1, 0.15) is 9.84 Å². The number of piperidine rings is 1. The minimum Gasteiger partial charge on any atom is -0.378 e. The Labute approximate surface area is 176 Å². The number of hydrogen-bond acceptors (Lipinski definition) is 5. The van der Waals surface area contributed by atoms with Crippen molar-refractivity contribution in [2.75, 3.05) is 63.3 Å². The van der Waals surface area contributed by atoms with Gasteiger partial charge in [-0.3, -0.25) is 4.99 Å². The van der Waals surface area contributed by atoms with Crippen LogP contribution in [0.15, 0.2) is 29.3 Å². The Hall–Kier alpha value is -1.80. The van der Waals surface area contributed by atoms with E-state index in [0.29, 0.717) is 13.2 Å². The number of benzene rings is 1. The topological polar surface area (TPSA) is 74.2 Å². The third-order valence-corrected chi connectivity index (χ3v) is 5.78. The molecule has 0 radical (unpaired) electrons. The largest absolute Gasteiger partial charge is 0.378 e. The second-order valence-electron chi connectivity index (χ2n) is 7.55. The molecular formula is C21H36N4O3S. The van der Waals surface area contributed by atoms with Crippen LogP contribution in [0.25, 0.3) is 0 Å². The Morgan fingerprint density at radius 2 is 1.86 bits per heavy atom. The predicted molar refractivity (Wildman–Crippen MR) is 120 cm³/mol. The van der Waals surface area contributed by atoms with Crippen molar-refractivity contribution in [2.45, 2.75) is 32.7 Å². The van der Waals surface area contributed by atoms with Gasteiger partial charge in [0.05, 0.1) is 25.5 Å². The number of aliphatic imine (C=N–C) groups is 1. The van der Waals surface area contributed by atoms with Crippen LogP contribution in [0.2, 0.25) is 0 Å². The summed E-state index contributed by atoms with van der Waals surface area (Å²) < 4.78 is 27.6. The Bertz CT molecular complexity index is 729. The maximum absolute atomic E-state index is 11.1. The number of ether oxygens (including phenoxy) is 1. The predicted octanol–water partition coefficient (Wildman–Crippen LogP) is 2.14. The first-order chi connectivity index (χ1) is 13.9. The molecule has 1 aliphatic heterocycles.